The Morgan fingerprint density at radius 3 is 2.65 bits per heavy atom. The highest BCUT2D eigenvalue weighted by Crippen LogP contribution is 2.17. The summed E-state index contributed by atoms with van der Waals surface area (Å²) in [6.07, 6.45) is 3.60. The number of aromatic nitrogens is 2. The van der Waals surface area contributed by atoms with E-state index in [1.165, 1.54) is 11.3 Å². The molecule has 0 atom stereocenters. The molecule has 20 heavy (non-hydrogen) atoms. The summed E-state index contributed by atoms with van der Waals surface area (Å²) < 4.78 is 2.68. The van der Waals surface area contributed by atoms with Crippen molar-refractivity contribution in [3.63, 3.8) is 0 Å². The fraction of sp³-hybridized carbons (Fsp3) is 0. The van der Waals surface area contributed by atoms with Crippen LogP contribution in [0, 0.1) is 0 Å². The van der Waals surface area contributed by atoms with E-state index in [-0.39, 0.29) is 5.91 Å². The van der Waals surface area contributed by atoms with Crippen molar-refractivity contribution in [1.29, 1.82) is 0 Å². The van der Waals surface area contributed by atoms with Gasteiger partial charge in [0.15, 0.2) is 0 Å². The SMILES string of the molecule is O=C(Nc1ccc(-n2cc(Br)cn2)cc1)c1cccs1. The number of halogens is 1. The number of benzene rings is 1. The van der Waals surface area contributed by atoms with Crippen LogP contribution in [0.5, 0.6) is 0 Å². The molecule has 0 spiro atoms. The molecule has 0 fully saturated rings. The summed E-state index contributed by atoms with van der Waals surface area (Å²) in [4.78, 5) is 12.6. The van der Waals surface area contributed by atoms with Gasteiger partial charge in [0.05, 0.1) is 21.2 Å². The first-order chi connectivity index (χ1) is 9.72. The molecule has 6 heteroatoms. The number of carbonyl (C=O) groups excluding carboxylic acids is 1. The smallest absolute Gasteiger partial charge is 0.265 e. The number of thiophene rings is 1. The predicted octanol–water partition coefficient (Wildman–Crippen LogP) is 3.95. The topological polar surface area (TPSA) is 46.9 Å². The lowest BCUT2D eigenvalue weighted by Gasteiger charge is -2.05. The van der Waals surface area contributed by atoms with Gasteiger partial charge in [-0.2, -0.15) is 5.10 Å². The number of hydrogen-bond donors (Lipinski definition) is 1. The van der Waals surface area contributed by atoms with Crippen molar-refractivity contribution < 1.29 is 4.79 Å². The molecule has 2 aromatic heterocycles. The second kappa shape index (κ2) is 5.60. The van der Waals surface area contributed by atoms with E-state index in [9.17, 15) is 4.79 Å². The van der Waals surface area contributed by atoms with Gasteiger partial charge in [-0.3, -0.25) is 4.79 Å². The maximum Gasteiger partial charge on any atom is 0.265 e. The van der Waals surface area contributed by atoms with Crippen LogP contribution in [0.3, 0.4) is 0 Å². The monoisotopic (exact) mass is 347 g/mol. The Morgan fingerprint density at radius 2 is 2.05 bits per heavy atom. The predicted molar refractivity (Wildman–Crippen MR) is 83.5 cm³/mol. The number of rotatable bonds is 3. The highest BCUT2D eigenvalue weighted by atomic mass is 79.9. The van der Waals surface area contributed by atoms with Crippen LogP contribution in [-0.2, 0) is 0 Å². The third kappa shape index (κ3) is 2.81. The maximum atomic E-state index is 11.9. The van der Waals surface area contributed by atoms with E-state index in [1.807, 2.05) is 41.9 Å². The zero-order chi connectivity index (χ0) is 13.9. The lowest BCUT2D eigenvalue weighted by Crippen LogP contribution is -2.10. The zero-order valence-corrected chi connectivity index (χ0v) is 12.7. The van der Waals surface area contributed by atoms with E-state index in [2.05, 4.69) is 26.3 Å². The van der Waals surface area contributed by atoms with Gasteiger partial charge in [0, 0.05) is 11.9 Å². The van der Waals surface area contributed by atoms with E-state index in [1.54, 1.807) is 16.9 Å². The van der Waals surface area contributed by atoms with Crippen LogP contribution >= 0.6 is 27.3 Å². The fourth-order valence-electron chi connectivity index (χ4n) is 1.74. The number of carbonyl (C=O) groups is 1. The van der Waals surface area contributed by atoms with Gasteiger partial charge >= 0.3 is 0 Å². The number of nitrogens with zero attached hydrogens (tertiary/aromatic N) is 2. The molecule has 0 saturated carbocycles. The molecular formula is C14H10BrN3OS. The highest BCUT2D eigenvalue weighted by molar-refractivity contribution is 9.10. The second-order valence-corrected chi connectivity index (χ2v) is 5.94. The van der Waals surface area contributed by atoms with E-state index in [4.69, 9.17) is 0 Å². The molecule has 0 unspecified atom stereocenters. The normalized spacial score (nSPS) is 10.4. The fourth-order valence-corrected chi connectivity index (χ4v) is 2.64. The Kier molecular flexibility index (Phi) is 3.66. The van der Waals surface area contributed by atoms with Crippen molar-refractivity contribution in [2.75, 3.05) is 5.32 Å². The molecule has 1 amide bonds. The summed E-state index contributed by atoms with van der Waals surface area (Å²) in [7, 11) is 0. The number of amides is 1. The van der Waals surface area contributed by atoms with Crippen molar-refractivity contribution in [1.82, 2.24) is 9.78 Å². The Balaban J connectivity index is 1.75. The van der Waals surface area contributed by atoms with Gasteiger partial charge in [-0.15, -0.1) is 11.3 Å². The number of hydrogen-bond acceptors (Lipinski definition) is 3. The van der Waals surface area contributed by atoms with E-state index in [0.717, 1.165) is 15.8 Å². The third-order valence-electron chi connectivity index (χ3n) is 2.69. The average Bonchev–Trinajstić information content (AvgIpc) is 3.10. The van der Waals surface area contributed by atoms with Crippen molar-refractivity contribution in [3.8, 4) is 5.69 Å². The molecule has 0 aliphatic rings. The lowest BCUT2D eigenvalue weighted by atomic mass is 10.2. The van der Waals surface area contributed by atoms with Gasteiger partial charge in [0.1, 0.15) is 0 Å². The standard InChI is InChI=1S/C14H10BrN3OS/c15-10-8-16-18(9-10)12-5-3-11(4-6-12)17-14(19)13-2-1-7-20-13/h1-9H,(H,17,19). The Labute approximate surface area is 128 Å². The molecule has 0 saturated heterocycles. The Morgan fingerprint density at radius 1 is 1.25 bits per heavy atom. The van der Waals surface area contributed by atoms with Crippen LogP contribution in [-0.4, -0.2) is 15.7 Å². The van der Waals surface area contributed by atoms with Crippen molar-refractivity contribution in [2.45, 2.75) is 0 Å². The van der Waals surface area contributed by atoms with Crippen molar-refractivity contribution in [3.05, 3.63) is 63.5 Å². The molecule has 0 aliphatic carbocycles. The summed E-state index contributed by atoms with van der Waals surface area (Å²) in [6.45, 7) is 0. The molecule has 3 rings (SSSR count). The molecular weight excluding hydrogens is 338 g/mol. The largest absolute Gasteiger partial charge is 0.321 e. The second-order valence-electron chi connectivity index (χ2n) is 4.08. The van der Waals surface area contributed by atoms with E-state index < -0.39 is 0 Å². The van der Waals surface area contributed by atoms with Crippen molar-refractivity contribution in [2.24, 2.45) is 0 Å². The minimum absolute atomic E-state index is 0.0883. The summed E-state index contributed by atoms with van der Waals surface area (Å²) in [5.74, 6) is -0.0883. The molecule has 0 bridgehead atoms. The molecule has 4 nitrogen and oxygen atoms in total. The summed E-state index contributed by atoms with van der Waals surface area (Å²) in [5, 5.41) is 8.94. The zero-order valence-electron chi connectivity index (χ0n) is 10.3. The average molecular weight is 348 g/mol. The van der Waals surface area contributed by atoms with Gasteiger partial charge in [-0.1, -0.05) is 6.07 Å². The van der Waals surface area contributed by atoms with Gasteiger partial charge in [-0.25, -0.2) is 4.68 Å². The Bertz CT molecular complexity index is 719. The van der Waals surface area contributed by atoms with Crippen LogP contribution in [0.1, 0.15) is 9.67 Å². The minimum Gasteiger partial charge on any atom is -0.321 e. The molecule has 0 aliphatic heterocycles. The van der Waals surface area contributed by atoms with Gasteiger partial charge in [0.2, 0.25) is 0 Å². The Hall–Kier alpha value is -1.92. The summed E-state index contributed by atoms with van der Waals surface area (Å²) in [5.41, 5.74) is 1.70. The van der Waals surface area contributed by atoms with Crippen LogP contribution in [0.4, 0.5) is 5.69 Å². The first-order valence-corrected chi connectivity index (χ1v) is 7.55. The minimum atomic E-state index is -0.0883. The molecule has 2 heterocycles. The molecule has 3 aromatic rings. The third-order valence-corrected chi connectivity index (χ3v) is 3.96. The molecule has 0 radical (unpaired) electrons. The number of nitrogens with one attached hydrogen (secondary N) is 1. The number of anilines is 1. The van der Waals surface area contributed by atoms with Gasteiger partial charge < -0.3 is 5.32 Å². The van der Waals surface area contributed by atoms with Crippen molar-refractivity contribution >= 4 is 38.9 Å². The maximum absolute atomic E-state index is 11.9. The van der Waals surface area contributed by atoms with Crippen LogP contribution < -0.4 is 5.32 Å². The quantitative estimate of drug-likeness (QED) is 0.779. The van der Waals surface area contributed by atoms with Gasteiger partial charge in [0.25, 0.3) is 5.91 Å². The lowest BCUT2D eigenvalue weighted by molar-refractivity contribution is 0.103. The van der Waals surface area contributed by atoms with Crippen LogP contribution in [0.15, 0.2) is 58.6 Å². The van der Waals surface area contributed by atoms with Crippen LogP contribution in [0.25, 0.3) is 5.69 Å². The first kappa shape index (κ1) is 13.1. The summed E-state index contributed by atoms with van der Waals surface area (Å²) in [6, 6.07) is 11.2. The van der Waals surface area contributed by atoms with Crippen LogP contribution in [0.2, 0.25) is 0 Å². The van der Waals surface area contributed by atoms with E-state index in [0.29, 0.717) is 4.88 Å². The molecule has 1 N–H and O–H groups in total. The molecule has 100 valence electrons. The van der Waals surface area contributed by atoms with E-state index >= 15 is 0 Å². The van der Waals surface area contributed by atoms with Gasteiger partial charge in [-0.05, 0) is 51.6 Å². The first-order valence-electron chi connectivity index (χ1n) is 5.88. The highest BCUT2D eigenvalue weighted by Gasteiger charge is 2.06. The summed E-state index contributed by atoms with van der Waals surface area (Å²) >= 11 is 4.78. The molecule has 1 aromatic carbocycles.